The summed E-state index contributed by atoms with van der Waals surface area (Å²) in [6.45, 7) is 1.91. The number of hydrogen-bond acceptors (Lipinski definition) is 3. The molecule has 0 aliphatic rings. The fourth-order valence-electron chi connectivity index (χ4n) is 0.978. The van der Waals surface area contributed by atoms with E-state index in [0.29, 0.717) is 17.9 Å². The molecule has 0 aliphatic heterocycles. The zero-order valence-electron chi connectivity index (χ0n) is 8.03. The van der Waals surface area contributed by atoms with Crippen molar-refractivity contribution in [2.24, 2.45) is 0 Å². The zero-order chi connectivity index (χ0) is 10.6. The van der Waals surface area contributed by atoms with Gasteiger partial charge in [0.25, 0.3) is 0 Å². The van der Waals surface area contributed by atoms with Crippen LogP contribution < -0.4 is 5.73 Å². The Morgan fingerprint density at radius 2 is 2.21 bits per heavy atom. The molecular formula is C10H14FNOS. The predicted octanol–water partition coefficient (Wildman–Crippen LogP) is 2.27. The van der Waals surface area contributed by atoms with Crippen LogP contribution in [0.25, 0.3) is 0 Å². The number of aliphatic hydroxyl groups is 1. The molecule has 0 aliphatic carbocycles. The van der Waals surface area contributed by atoms with E-state index in [2.05, 4.69) is 0 Å². The molecule has 1 aromatic carbocycles. The Bertz CT molecular complexity index is 286. The fraction of sp³-hybridized carbons (Fsp3) is 0.400. The Morgan fingerprint density at radius 1 is 1.50 bits per heavy atom. The molecule has 1 rings (SSSR count). The predicted molar refractivity (Wildman–Crippen MR) is 57.8 cm³/mol. The normalized spacial score (nSPS) is 12.8. The second-order valence-corrected chi connectivity index (χ2v) is 4.19. The van der Waals surface area contributed by atoms with Crippen molar-refractivity contribution in [2.75, 3.05) is 11.5 Å². The first kappa shape index (κ1) is 11.3. The van der Waals surface area contributed by atoms with Crippen LogP contribution in [0, 0.1) is 5.82 Å². The van der Waals surface area contributed by atoms with Crippen LogP contribution in [0.5, 0.6) is 0 Å². The number of benzene rings is 1. The van der Waals surface area contributed by atoms with E-state index < -0.39 is 0 Å². The summed E-state index contributed by atoms with van der Waals surface area (Å²) in [5, 5.41) is 9.31. The van der Waals surface area contributed by atoms with Gasteiger partial charge < -0.3 is 10.8 Å². The molecule has 0 saturated heterocycles. The van der Waals surface area contributed by atoms with Crippen LogP contribution in [0.3, 0.4) is 0 Å². The third-order valence-corrected chi connectivity index (χ3v) is 2.93. The van der Waals surface area contributed by atoms with Gasteiger partial charge in [0.15, 0.2) is 0 Å². The second kappa shape index (κ2) is 5.22. The molecule has 0 saturated carbocycles. The number of aliphatic hydroxyl groups excluding tert-OH is 1. The van der Waals surface area contributed by atoms with E-state index in [1.54, 1.807) is 6.07 Å². The molecule has 3 N–H and O–H groups in total. The average Bonchev–Trinajstić information content (AvgIpc) is 2.12. The lowest BCUT2D eigenvalue weighted by molar-refractivity contribution is 0.195. The lowest BCUT2D eigenvalue weighted by Gasteiger charge is -2.07. The summed E-state index contributed by atoms with van der Waals surface area (Å²) in [6.07, 6.45) is 0.363. The molecular weight excluding hydrogens is 201 g/mol. The lowest BCUT2D eigenvalue weighted by Crippen LogP contribution is -2.07. The zero-order valence-corrected chi connectivity index (χ0v) is 8.85. The number of nitrogen functional groups attached to an aromatic ring is 1. The van der Waals surface area contributed by atoms with E-state index in [0.717, 1.165) is 4.90 Å². The summed E-state index contributed by atoms with van der Waals surface area (Å²) in [5.41, 5.74) is 5.90. The van der Waals surface area contributed by atoms with Gasteiger partial charge in [0.2, 0.25) is 0 Å². The van der Waals surface area contributed by atoms with Crippen LogP contribution in [-0.2, 0) is 0 Å². The van der Waals surface area contributed by atoms with Crippen molar-refractivity contribution >= 4 is 17.4 Å². The Hall–Kier alpha value is -0.740. The molecule has 0 spiro atoms. The van der Waals surface area contributed by atoms with Crippen LogP contribution >= 0.6 is 11.8 Å². The minimum Gasteiger partial charge on any atom is -0.399 e. The van der Waals surface area contributed by atoms with Crippen molar-refractivity contribution in [3.63, 3.8) is 0 Å². The largest absolute Gasteiger partial charge is 0.399 e. The van der Waals surface area contributed by atoms with Crippen molar-refractivity contribution < 1.29 is 9.50 Å². The average molecular weight is 215 g/mol. The quantitative estimate of drug-likeness (QED) is 0.598. The molecule has 0 radical (unpaired) electrons. The Labute approximate surface area is 87.3 Å². The van der Waals surface area contributed by atoms with Crippen LogP contribution in [-0.4, -0.2) is 17.0 Å². The molecule has 0 aromatic heterocycles. The van der Waals surface area contributed by atoms with E-state index in [1.807, 2.05) is 6.92 Å². The van der Waals surface area contributed by atoms with Gasteiger partial charge in [-0.25, -0.2) is 4.39 Å². The van der Waals surface area contributed by atoms with Gasteiger partial charge in [0.05, 0.1) is 6.10 Å². The first-order chi connectivity index (χ1) is 6.61. The van der Waals surface area contributed by atoms with E-state index in [1.165, 1.54) is 23.9 Å². The monoisotopic (exact) mass is 215 g/mol. The van der Waals surface area contributed by atoms with Crippen LogP contribution in [0.2, 0.25) is 0 Å². The van der Waals surface area contributed by atoms with Gasteiger partial charge in [-0.3, -0.25) is 0 Å². The number of nitrogens with two attached hydrogens (primary N) is 1. The summed E-state index contributed by atoms with van der Waals surface area (Å²) in [7, 11) is 0. The van der Waals surface area contributed by atoms with Crippen LogP contribution in [0.15, 0.2) is 23.1 Å². The Morgan fingerprint density at radius 3 is 2.79 bits per heavy atom. The van der Waals surface area contributed by atoms with Crippen molar-refractivity contribution in [2.45, 2.75) is 24.3 Å². The summed E-state index contributed by atoms with van der Waals surface area (Å²) < 4.78 is 12.9. The number of halogens is 1. The summed E-state index contributed by atoms with van der Waals surface area (Å²) in [4.78, 5) is 0.759. The van der Waals surface area contributed by atoms with Crippen molar-refractivity contribution in [1.82, 2.24) is 0 Å². The minimum atomic E-state index is -0.343. The third kappa shape index (κ3) is 3.55. The molecule has 0 bridgehead atoms. The van der Waals surface area contributed by atoms with Gasteiger partial charge in [-0.15, -0.1) is 11.8 Å². The van der Waals surface area contributed by atoms with Crippen LogP contribution in [0.1, 0.15) is 13.3 Å². The topological polar surface area (TPSA) is 46.2 Å². The first-order valence-electron chi connectivity index (χ1n) is 4.48. The van der Waals surface area contributed by atoms with Gasteiger partial charge in [-0.1, -0.05) is 6.92 Å². The summed E-state index contributed by atoms with van der Waals surface area (Å²) in [6, 6.07) is 4.40. The van der Waals surface area contributed by atoms with Gasteiger partial charge in [0.1, 0.15) is 5.82 Å². The van der Waals surface area contributed by atoms with Gasteiger partial charge in [-0.05, 0) is 24.6 Å². The standard InChI is InChI=1S/C10H14FNOS/c1-2-9(13)6-14-10-4-7(11)3-8(12)5-10/h3-5,9,13H,2,6,12H2,1H3. The van der Waals surface area contributed by atoms with Crippen molar-refractivity contribution in [3.8, 4) is 0 Å². The van der Waals surface area contributed by atoms with E-state index in [-0.39, 0.29) is 11.9 Å². The number of rotatable bonds is 4. The Kier molecular flexibility index (Phi) is 4.22. The first-order valence-corrected chi connectivity index (χ1v) is 5.47. The third-order valence-electron chi connectivity index (χ3n) is 1.81. The molecule has 0 heterocycles. The van der Waals surface area contributed by atoms with Gasteiger partial charge in [-0.2, -0.15) is 0 Å². The Balaban J connectivity index is 2.58. The highest BCUT2D eigenvalue weighted by atomic mass is 32.2. The van der Waals surface area contributed by atoms with E-state index in [9.17, 15) is 9.50 Å². The molecule has 1 aromatic rings. The van der Waals surface area contributed by atoms with Crippen molar-refractivity contribution in [3.05, 3.63) is 24.0 Å². The molecule has 0 fully saturated rings. The molecule has 14 heavy (non-hydrogen) atoms. The maximum atomic E-state index is 12.9. The number of thioether (sulfide) groups is 1. The number of hydrogen-bond donors (Lipinski definition) is 2. The van der Waals surface area contributed by atoms with Crippen LogP contribution in [0.4, 0.5) is 10.1 Å². The van der Waals surface area contributed by atoms with Gasteiger partial charge >= 0.3 is 0 Å². The second-order valence-electron chi connectivity index (χ2n) is 3.09. The summed E-state index contributed by atoms with van der Waals surface area (Å²) in [5.74, 6) is 0.234. The molecule has 78 valence electrons. The SMILES string of the molecule is CCC(O)CSc1cc(N)cc(F)c1. The molecule has 0 amide bonds. The molecule has 2 nitrogen and oxygen atoms in total. The minimum absolute atomic E-state index is 0.335. The smallest absolute Gasteiger partial charge is 0.126 e. The van der Waals surface area contributed by atoms with Gasteiger partial charge in [0, 0.05) is 16.3 Å². The highest BCUT2D eigenvalue weighted by Gasteiger charge is 2.03. The highest BCUT2D eigenvalue weighted by Crippen LogP contribution is 2.23. The maximum Gasteiger partial charge on any atom is 0.126 e. The fourth-order valence-corrected chi connectivity index (χ4v) is 2.01. The molecule has 1 atom stereocenters. The molecule has 1 unspecified atom stereocenters. The summed E-state index contributed by atoms with van der Waals surface area (Å²) >= 11 is 1.41. The van der Waals surface area contributed by atoms with E-state index >= 15 is 0 Å². The van der Waals surface area contributed by atoms with E-state index in [4.69, 9.17) is 5.73 Å². The van der Waals surface area contributed by atoms with Crippen molar-refractivity contribution in [1.29, 1.82) is 0 Å². The molecule has 4 heteroatoms. The highest BCUT2D eigenvalue weighted by molar-refractivity contribution is 7.99. The lowest BCUT2D eigenvalue weighted by atomic mass is 10.3. The number of anilines is 1. The maximum absolute atomic E-state index is 12.9.